The second-order valence-electron chi connectivity index (χ2n) is 13.5. The minimum absolute atomic E-state index is 0.0431. The van der Waals surface area contributed by atoms with Crippen LogP contribution in [0.3, 0.4) is 0 Å². The first kappa shape index (κ1) is 44.1. The topological polar surface area (TPSA) is 147 Å². The average Bonchev–Trinajstić information content (AvgIpc) is 3.21. The smallest absolute Gasteiger partial charge is 0.217 e. The highest BCUT2D eigenvalue weighted by atomic mass is 16.7. The van der Waals surface area contributed by atoms with Crippen LogP contribution in [0.15, 0.2) is 131 Å². The van der Waals surface area contributed by atoms with Crippen molar-refractivity contribution in [2.45, 2.75) is 20.3 Å². The first-order valence-electron chi connectivity index (χ1n) is 18.2. The normalized spacial score (nSPS) is 10.9. The van der Waals surface area contributed by atoms with Gasteiger partial charge < -0.3 is 29.0 Å². The Kier molecular flexibility index (Phi) is 15.6. The number of ketones is 2. The minimum atomic E-state index is -0.269. The molecule has 6 aromatic carbocycles. The van der Waals surface area contributed by atoms with Gasteiger partial charge in [0.15, 0.2) is 17.9 Å². The van der Waals surface area contributed by atoms with Crippen molar-refractivity contribution in [3.63, 3.8) is 0 Å². The highest BCUT2D eigenvalue weighted by molar-refractivity contribution is 6.10. The molecule has 0 aliphatic rings. The Balaban J connectivity index is 0.000000178. The standard InChI is InChI=1S/C15H15NO2.C15H10O3.C12H10O2.C5H13NO2/c1-16(2)10-9-14(17)13-8-7-11-5-3-4-6-12(11)15(13)18;1-9-13(8-16)14(17)12-7-6-10-4-2-3-5-11(10)15(12)18-9;1-8(13)10-7-6-9-4-2-3-5-11(9)12(10)14;1-6(2)5(7-3)8-4/h3-10,18H,1-2H3;2-8H,1H3;2-7,14H,1H3;5H,1-4H3/b10-9+;;;. The molecular formula is C47H48N2O9. The van der Waals surface area contributed by atoms with E-state index in [0.717, 1.165) is 26.9 Å². The molecule has 0 aliphatic heterocycles. The third kappa shape index (κ3) is 10.6. The van der Waals surface area contributed by atoms with E-state index in [2.05, 4.69) is 0 Å². The van der Waals surface area contributed by atoms with E-state index in [1.165, 1.54) is 13.0 Å². The van der Waals surface area contributed by atoms with E-state index in [9.17, 15) is 29.4 Å². The molecule has 0 unspecified atom stereocenters. The fraction of sp³-hybridized carbons (Fsp3) is 0.191. The van der Waals surface area contributed by atoms with E-state index >= 15 is 0 Å². The molecule has 11 heteroatoms. The number of phenols is 2. The molecule has 0 saturated carbocycles. The van der Waals surface area contributed by atoms with E-state index in [1.807, 2.05) is 112 Å². The number of aromatic hydroxyl groups is 2. The Morgan fingerprint density at radius 2 is 1.14 bits per heavy atom. The highest BCUT2D eigenvalue weighted by Crippen LogP contribution is 2.30. The van der Waals surface area contributed by atoms with E-state index in [-0.39, 0.29) is 40.5 Å². The Morgan fingerprint density at radius 3 is 1.60 bits per heavy atom. The number of methoxy groups -OCH3 is 2. The molecule has 0 atom stereocenters. The summed E-state index contributed by atoms with van der Waals surface area (Å²) in [6.45, 7) is 3.08. The van der Waals surface area contributed by atoms with E-state index in [0.29, 0.717) is 39.5 Å². The summed E-state index contributed by atoms with van der Waals surface area (Å²) in [7, 11) is 10.7. The van der Waals surface area contributed by atoms with Crippen molar-refractivity contribution in [2.75, 3.05) is 42.4 Å². The van der Waals surface area contributed by atoms with Gasteiger partial charge in [-0.2, -0.15) is 0 Å². The quantitative estimate of drug-likeness (QED) is 0.0501. The zero-order valence-corrected chi connectivity index (χ0v) is 33.8. The fourth-order valence-electron chi connectivity index (χ4n) is 6.00. The lowest BCUT2D eigenvalue weighted by molar-refractivity contribution is -0.179. The lowest BCUT2D eigenvalue weighted by Gasteiger charge is -2.19. The van der Waals surface area contributed by atoms with E-state index in [1.54, 1.807) is 62.6 Å². The number of aldehydes is 1. The number of nitrogens with zero attached hydrogens (tertiary/aromatic N) is 2. The largest absolute Gasteiger partial charge is 0.507 e. The number of hydrogen-bond donors (Lipinski definition) is 2. The predicted octanol–water partition coefficient (Wildman–Crippen LogP) is 8.74. The summed E-state index contributed by atoms with van der Waals surface area (Å²) >= 11 is 0. The van der Waals surface area contributed by atoms with Crippen molar-refractivity contribution < 1.29 is 38.5 Å². The number of benzene rings is 6. The van der Waals surface area contributed by atoms with Gasteiger partial charge >= 0.3 is 0 Å². The van der Waals surface area contributed by atoms with Crippen molar-refractivity contribution in [2.24, 2.45) is 0 Å². The Bertz CT molecular complexity index is 2640. The maximum absolute atomic E-state index is 12.1. The molecule has 1 heterocycles. The van der Waals surface area contributed by atoms with Crippen LogP contribution in [0.25, 0.3) is 43.3 Å². The van der Waals surface area contributed by atoms with Gasteiger partial charge in [0.1, 0.15) is 28.4 Å². The van der Waals surface area contributed by atoms with Crippen LogP contribution in [0.4, 0.5) is 0 Å². The van der Waals surface area contributed by atoms with Crippen LogP contribution in [-0.2, 0) is 9.47 Å². The summed E-state index contributed by atoms with van der Waals surface area (Å²) in [4.78, 5) is 49.7. The Labute approximate surface area is 336 Å². The van der Waals surface area contributed by atoms with Gasteiger partial charge in [-0.15, -0.1) is 0 Å². The maximum Gasteiger partial charge on any atom is 0.217 e. The number of allylic oxidation sites excluding steroid dienone is 1. The lowest BCUT2D eigenvalue weighted by Crippen LogP contribution is -2.30. The molecular weight excluding hydrogens is 737 g/mol. The second kappa shape index (κ2) is 20.5. The van der Waals surface area contributed by atoms with Crippen LogP contribution in [0, 0.1) is 6.92 Å². The van der Waals surface area contributed by atoms with Crippen molar-refractivity contribution in [1.82, 2.24) is 9.80 Å². The molecule has 1 aromatic heterocycles. The van der Waals surface area contributed by atoms with Crippen LogP contribution in [0.5, 0.6) is 11.5 Å². The van der Waals surface area contributed by atoms with Crippen LogP contribution in [0.2, 0.25) is 0 Å². The summed E-state index contributed by atoms with van der Waals surface area (Å²) in [5, 5.41) is 25.5. The van der Waals surface area contributed by atoms with Crippen LogP contribution in [-0.4, -0.2) is 86.7 Å². The van der Waals surface area contributed by atoms with Gasteiger partial charge in [-0.3, -0.25) is 24.1 Å². The number of ether oxygens (including phenoxy) is 2. The number of carbonyl (C=O) groups is 3. The predicted molar refractivity (Wildman–Crippen MR) is 230 cm³/mol. The van der Waals surface area contributed by atoms with Gasteiger partial charge in [0.05, 0.1) is 16.5 Å². The van der Waals surface area contributed by atoms with Crippen LogP contribution in [0.1, 0.15) is 43.8 Å². The number of aryl methyl sites for hydroxylation is 1. The monoisotopic (exact) mass is 784 g/mol. The van der Waals surface area contributed by atoms with Crippen LogP contribution < -0.4 is 5.43 Å². The minimum Gasteiger partial charge on any atom is -0.507 e. The van der Waals surface area contributed by atoms with Crippen LogP contribution >= 0.6 is 0 Å². The number of fused-ring (bicyclic) bond motifs is 5. The van der Waals surface area contributed by atoms with Gasteiger partial charge in [0, 0.05) is 56.7 Å². The summed E-state index contributed by atoms with van der Waals surface area (Å²) in [6, 6.07) is 33.1. The maximum atomic E-state index is 12.1. The first-order valence-corrected chi connectivity index (χ1v) is 18.2. The molecule has 0 fully saturated rings. The molecule has 2 N–H and O–H groups in total. The van der Waals surface area contributed by atoms with E-state index < -0.39 is 0 Å². The molecule has 0 aliphatic carbocycles. The molecule has 7 rings (SSSR count). The second-order valence-corrected chi connectivity index (χ2v) is 13.5. The van der Waals surface area contributed by atoms with Crippen molar-refractivity contribution in [1.29, 1.82) is 0 Å². The number of rotatable bonds is 8. The number of phenolic OH excluding ortho intramolecular Hbond substituents is 2. The Morgan fingerprint density at radius 1 is 0.672 bits per heavy atom. The summed E-state index contributed by atoms with van der Waals surface area (Å²) in [6.07, 6.45) is 3.45. The molecule has 0 radical (unpaired) electrons. The molecule has 0 spiro atoms. The third-order valence-electron chi connectivity index (χ3n) is 8.92. The molecule has 300 valence electrons. The van der Waals surface area contributed by atoms with Gasteiger partial charge in [0.2, 0.25) is 11.8 Å². The molecule has 11 nitrogen and oxygen atoms in total. The Hall–Kier alpha value is -6.66. The molecule has 58 heavy (non-hydrogen) atoms. The van der Waals surface area contributed by atoms with E-state index in [4.69, 9.17) is 13.9 Å². The zero-order valence-electron chi connectivity index (χ0n) is 33.8. The SMILES string of the molecule is CC(=O)c1ccc2ccccc2c1O.CN(C)/C=C/C(=O)c1ccc2ccccc2c1O.COC(OC)N(C)C.Cc1oc2c(ccc3ccccc32)c(=O)c1C=O. The number of Topliss-reactive ketones (excluding diaryl/α,β-unsaturated/α-hetero) is 1. The molecule has 0 amide bonds. The number of hydrogen-bond acceptors (Lipinski definition) is 11. The fourth-order valence-corrected chi connectivity index (χ4v) is 6.00. The highest BCUT2D eigenvalue weighted by Gasteiger charge is 2.14. The third-order valence-corrected chi connectivity index (χ3v) is 8.92. The summed E-state index contributed by atoms with van der Waals surface area (Å²) in [5.74, 6) is 0.163. The zero-order chi connectivity index (χ0) is 42.5. The molecule has 7 aromatic rings. The summed E-state index contributed by atoms with van der Waals surface area (Å²) in [5.41, 5.74) is 1.07. The molecule has 0 saturated heterocycles. The average molecular weight is 785 g/mol. The lowest BCUT2D eigenvalue weighted by atomic mass is 10.0. The van der Waals surface area contributed by atoms with Crippen molar-refractivity contribution in [3.8, 4) is 11.5 Å². The van der Waals surface area contributed by atoms with Crippen molar-refractivity contribution >= 4 is 61.1 Å². The van der Waals surface area contributed by atoms with Gasteiger partial charge in [-0.1, -0.05) is 91.0 Å². The van der Waals surface area contributed by atoms with Gasteiger partial charge in [-0.05, 0) is 62.3 Å². The molecule has 0 bridgehead atoms. The first-order chi connectivity index (χ1) is 27.7. The number of carbonyl (C=O) groups excluding carboxylic acids is 3. The van der Waals surface area contributed by atoms with Crippen molar-refractivity contribution in [3.05, 3.63) is 154 Å². The summed E-state index contributed by atoms with van der Waals surface area (Å²) < 4.78 is 15.4. The van der Waals surface area contributed by atoms with Gasteiger partial charge in [-0.25, -0.2) is 0 Å². The van der Waals surface area contributed by atoms with Gasteiger partial charge in [0.25, 0.3) is 0 Å².